The van der Waals surface area contributed by atoms with Gasteiger partial charge in [0.15, 0.2) is 6.61 Å². The summed E-state index contributed by atoms with van der Waals surface area (Å²) in [4.78, 5) is 42.3. The van der Waals surface area contributed by atoms with Crippen LogP contribution < -0.4 is 14.4 Å². The van der Waals surface area contributed by atoms with Crippen LogP contribution in [0.2, 0.25) is 0 Å². The molecule has 4 rings (SSSR count). The molecule has 1 atom stereocenters. The minimum absolute atomic E-state index is 0.0154. The van der Waals surface area contributed by atoms with E-state index in [1.165, 1.54) is 4.90 Å². The van der Waals surface area contributed by atoms with E-state index in [0.717, 1.165) is 32.1 Å². The molecular formula is C25H28N2O5. The molecule has 1 aliphatic carbocycles. The van der Waals surface area contributed by atoms with Crippen molar-refractivity contribution >= 4 is 23.4 Å². The number of benzene rings is 2. The van der Waals surface area contributed by atoms with Gasteiger partial charge in [0.25, 0.3) is 11.8 Å². The molecule has 2 aromatic carbocycles. The van der Waals surface area contributed by atoms with Crippen LogP contribution in [0.15, 0.2) is 54.6 Å². The first-order valence-corrected chi connectivity index (χ1v) is 11.1. The highest BCUT2D eigenvalue weighted by Crippen LogP contribution is 2.32. The van der Waals surface area contributed by atoms with Crippen LogP contribution in [0.1, 0.15) is 38.5 Å². The molecule has 2 fully saturated rings. The van der Waals surface area contributed by atoms with E-state index in [4.69, 9.17) is 9.47 Å². The van der Waals surface area contributed by atoms with E-state index in [-0.39, 0.29) is 36.8 Å². The molecule has 2 aliphatic rings. The predicted molar refractivity (Wildman–Crippen MR) is 120 cm³/mol. The van der Waals surface area contributed by atoms with Crippen LogP contribution in [0, 0.1) is 0 Å². The Morgan fingerprint density at radius 2 is 1.66 bits per heavy atom. The lowest BCUT2D eigenvalue weighted by Crippen LogP contribution is -2.52. The van der Waals surface area contributed by atoms with E-state index in [2.05, 4.69) is 0 Å². The highest BCUT2D eigenvalue weighted by molar-refractivity contribution is 6.23. The number of ether oxygens (including phenoxy) is 2. The van der Waals surface area contributed by atoms with Gasteiger partial charge in [-0.05, 0) is 49.2 Å². The van der Waals surface area contributed by atoms with Crippen molar-refractivity contribution in [2.75, 3.05) is 18.6 Å². The summed E-state index contributed by atoms with van der Waals surface area (Å²) in [6.07, 6.45) is 4.78. The average Bonchev–Trinajstić information content (AvgIpc) is 3.12. The molecule has 2 aromatic rings. The van der Waals surface area contributed by atoms with Crippen LogP contribution in [0.25, 0.3) is 0 Å². The fraction of sp³-hybridized carbons (Fsp3) is 0.400. The second-order valence-corrected chi connectivity index (χ2v) is 8.18. The Labute approximate surface area is 187 Å². The highest BCUT2D eigenvalue weighted by Gasteiger charge is 2.46. The zero-order valence-corrected chi connectivity index (χ0v) is 18.2. The van der Waals surface area contributed by atoms with E-state index < -0.39 is 6.04 Å². The van der Waals surface area contributed by atoms with Gasteiger partial charge in [0.1, 0.15) is 17.5 Å². The van der Waals surface area contributed by atoms with Gasteiger partial charge in [-0.2, -0.15) is 0 Å². The first-order valence-electron chi connectivity index (χ1n) is 11.1. The van der Waals surface area contributed by atoms with Gasteiger partial charge in [-0.25, -0.2) is 4.90 Å². The van der Waals surface area contributed by atoms with Crippen molar-refractivity contribution < 1.29 is 23.9 Å². The second-order valence-electron chi connectivity index (χ2n) is 8.18. The first-order chi connectivity index (χ1) is 15.6. The number of rotatable bonds is 7. The van der Waals surface area contributed by atoms with E-state index >= 15 is 0 Å². The molecule has 0 N–H and O–H groups in total. The molecule has 1 unspecified atom stereocenters. The number of para-hydroxylation sites is 1. The lowest BCUT2D eigenvalue weighted by atomic mass is 9.92. The molecule has 32 heavy (non-hydrogen) atoms. The number of carbonyl (C=O) groups is 3. The first kappa shape index (κ1) is 21.9. The summed E-state index contributed by atoms with van der Waals surface area (Å²) in [5.41, 5.74) is 0.486. The van der Waals surface area contributed by atoms with Crippen LogP contribution in [0.4, 0.5) is 5.69 Å². The molecule has 7 heteroatoms. The van der Waals surface area contributed by atoms with Crippen molar-refractivity contribution in [3.05, 3.63) is 54.6 Å². The number of anilines is 1. The topological polar surface area (TPSA) is 76.2 Å². The van der Waals surface area contributed by atoms with Gasteiger partial charge >= 0.3 is 0 Å². The summed E-state index contributed by atoms with van der Waals surface area (Å²) in [6, 6.07) is 15.0. The summed E-state index contributed by atoms with van der Waals surface area (Å²) in [7, 11) is 1.56. The normalized spacial score (nSPS) is 19.2. The van der Waals surface area contributed by atoms with E-state index in [0.29, 0.717) is 17.2 Å². The molecule has 0 bridgehead atoms. The van der Waals surface area contributed by atoms with Gasteiger partial charge in [0, 0.05) is 6.04 Å². The Balaban J connectivity index is 1.55. The van der Waals surface area contributed by atoms with Gasteiger partial charge < -0.3 is 14.4 Å². The summed E-state index contributed by atoms with van der Waals surface area (Å²) in [6.45, 7) is -0.166. The number of carbonyl (C=O) groups excluding carboxylic acids is 3. The molecule has 0 spiro atoms. The third-order valence-corrected chi connectivity index (χ3v) is 6.15. The van der Waals surface area contributed by atoms with Crippen molar-refractivity contribution in [2.45, 2.75) is 50.6 Å². The number of imide groups is 1. The minimum atomic E-state index is -0.806. The van der Waals surface area contributed by atoms with Gasteiger partial charge in [0.2, 0.25) is 5.91 Å². The standard InChI is InChI=1S/C25H28N2O5/c1-31-20-14-12-19(13-15-20)27-23(28)16-22(25(27)30)26(18-8-4-2-5-9-18)24(29)17-32-21-10-6-3-7-11-21/h3,6-7,10-15,18,22H,2,4-5,8-9,16-17H2,1H3. The van der Waals surface area contributed by atoms with Gasteiger partial charge in [-0.1, -0.05) is 37.5 Å². The third-order valence-electron chi connectivity index (χ3n) is 6.15. The van der Waals surface area contributed by atoms with Crippen molar-refractivity contribution in [1.82, 2.24) is 4.90 Å². The molecule has 0 radical (unpaired) electrons. The number of methoxy groups -OCH3 is 1. The summed E-state index contributed by atoms with van der Waals surface area (Å²) >= 11 is 0. The quantitative estimate of drug-likeness (QED) is 0.621. The molecule has 1 aliphatic heterocycles. The zero-order valence-electron chi connectivity index (χ0n) is 18.2. The Morgan fingerprint density at radius 3 is 2.31 bits per heavy atom. The monoisotopic (exact) mass is 436 g/mol. The molecule has 0 aromatic heterocycles. The maximum Gasteiger partial charge on any atom is 0.261 e. The fourth-order valence-electron chi connectivity index (χ4n) is 4.56. The highest BCUT2D eigenvalue weighted by atomic mass is 16.5. The number of nitrogens with zero attached hydrogens (tertiary/aromatic N) is 2. The van der Waals surface area contributed by atoms with Gasteiger partial charge in [0.05, 0.1) is 19.2 Å². The average molecular weight is 437 g/mol. The lowest BCUT2D eigenvalue weighted by Gasteiger charge is -2.37. The Hall–Kier alpha value is -3.35. The molecule has 1 heterocycles. The van der Waals surface area contributed by atoms with Crippen molar-refractivity contribution in [3.8, 4) is 11.5 Å². The third kappa shape index (κ3) is 4.61. The van der Waals surface area contributed by atoms with Crippen LogP contribution in [0.3, 0.4) is 0 Å². The zero-order chi connectivity index (χ0) is 22.5. The van der Waals surface area contributed by atoms with Crippen LogP contribution in [-0.2, 0) is 14.4 Å². The smallest absolute Gasteiger partial charge is 0.261 e. The van der Waals surface area contributed by atoms with E-state index in [9.17, 15) is 14.4 Å². The summed E-state index contributed by atoms with van der Waals surface area (Å²) in [5, 5.41) is 0. The molecule has 7 nitrogen and oxygen atoms in total. The summed E-state index contributed by atoms with van der Waals surface area (Å²) < 4.78 is 10.8. The minimum Gasteiger partial charge on any atom is -0.497 e. The Bertz CT molecular complexity index is 954. The Morgan fingerprint density at radius 1 is 0.969 bits per heavy atom. The van der Waals surface area contributed by atoms with E-state index in [1.54, 1.807) is 48.4 Å². The maximum absolute atomic E-state index is 13.4. The Kier molecular flexibility index (Phi) is 6.73. The van der Waals surface area contributed by atoms with Crippen LogP contribution >= 0.6 is 0 Å². The SMILES string of the molecule is COc1ccc(N2C(=O)CC(N(C(=O)COc3ccccc3)C3CCCCC3)C2=O)cc1. The fourth-order valence-corrected chi connectivity index (χ4v) is 4.56. The van der Waals surface area contributed by atoms with Crippen molar-refractivity contribution in [3.63, 3.8) is 0 Å². The molecule has 168 valence electrons. The second kappa shape index (κ2) is 9.85. The van der Waals surface area contributed by atoms with E-state index in [1.807, 2.05) is 18.2 Å². The maximum atomic E-state index is 13.4. The number of amides is 3. The number of hydrogen-bond acceptors (Lipinski definition) is 5. The van der Waals surface area contributed by atoms with Crippen LogP contribution in [0.5, 0.6) is 11.5 Å². The molecular weight excluding hydrogens is 408 g/mol. The largest absolute Gasteiger partial charge is 0.497 e. The molecule has 1 saturated heterocycles. The van der Waals surface area contributed by atoms with Crippen molar-refractivity contribution in [1.29, 1.82) is 0 Å². The molecule has 3 amide bonds. The van der Waals surface area contributed by atoms with Gasteiger partial charge in [-0.3, -0.25) is 14.4 Å². The van der Waals surface area contributed by atoms with Crippen molar-refractivity contribution in [2.24, 2.45) is 0 Å². The molecule has 1 saturated carbocycles. The predicted octanol–water partition coefficient (Wildman–Crippen LogP) is 3.57. The van der Waals surface area contributed by atoms with Gasteiger partial charge in [-0.15, -0.1) is 0 Å². The van der Waals surface area contributed by atoms with Crippen LogP contribution in [-0.4, -0.2) is 48.4 Å². The lowest BCUT2D eigenvalue weighted by molar-refractivity contribution is -0.143. The number of hydrogen-bond donors (Lipinski definition) is 0. The summed E-state index contributed by atoms with van der Waals surface area (Å²) in [5.74, 6) is 0.310.